The zero-order valence-corrected chi connectivity index (χ0v) is 17.4. The van der Waals surface area contributed by atoms with E-state index in [4.69, 9.17) is 4.74 Å². The Labute approximate surface area is 168 Å². The molecule has 0 radical (unpaired) electrons. The topological polar surface area (TPSA) is 65.9 Å². The first-order chi connectivity index (χ1) is 11.8. The van der Waals surface area contributed by atoms with E-state index in [2.05, 4.69) is 22.5 Å². The molecule has 2 rings (SSSR count). The Morgan fingerprint density at radius 1 is 1.16 bits per heavy atom. The average Bonchev–Trinajstić information content (AvgIpc) is 2.61. The van der Waals surface area contributed by atoms with Crippen LogP contribution < -0.4 is 15.4 Å². The summed E-state index contributed by atoms with van der Waals surface area (Å²) in [5.41, 5.74) is 0. The lowest BCUT2D eigenvalue weighted by Crippen LogP contribution is -2.45. The van der Waals surface area contributed by atoms with Gasteiger partial charge in [0.2, 0.25) is 0 Å². The molecule has 3 N–H and O–H groups in total. The van der Waals surface area contributed by atoms with Crippen molar-refractivity contribution in [1.82, 2.24) is 10.6 Å². The molecule has 0 atom stereocenters. The summed E-state index contributed by atoms with van der Waals surface area (Å²) in [6.07, 6.45) is 5.67. The van der Waals surface area contributed by atoms with Crippen LogP contribution >= 0.6 is 24.0 Å². The number of para-hydroxylation sites is 1. The summed E-state index contributed by atoms with van der Waals surface area (Å²) in [5.74, 6) is 1.82. The van der Waals surface area contributed by atoms with Crippen LogP contribution in [0.3, 0.4) is 0 Å². The number of aliphatic hydroxyl groups is 1. The van der Waals surface area contributed by atoms with Gasteiger partial charge in [-0.05, 0) is 57.6 Å². The molecule has 1 saturated carbocycles. The lowest BCUT2D eigenvalue weighted by molar-refractivity contribution is 0.120. The summed E-state index contributed by atoms with van der Waals surface area (Å²) in [5, 5.41) is 16.4. The van der Waals surface area contributed by atoms with E-state index in [1.807, 2.05) is 30.3 Å². The van der Waals surface area contributed by atoms with E-state index in [-0.39, 0.29) is 30.1 Å². The first-order valence-electron chi connectivity index (χ1n) is 9.18. The van der Waals surface area contributed by atoms with E-state index < -0.39 is 0 Å². The minimum atomic E-state index is -0.118. The van der Waals surface area contributed by atoms with Gasteiger partial charge in [0, 0.05) is 19.1 Å². The van der Waals surface area contributed by atoms with Crippen molar-refractivity contribution in [3.63, 3.8) is 0 Å². The van der Waals surface area contributed by atoms with Gasteiger partial charge >= 0.3 is 0 Å². The van der Waals surface area contributed by atoms with Crippen LogP contribution in [0.15, 0.2) is 35.3 Å². The molecule has 1 aromatic rings. The predicted molar refractivity (Wildman–Crippen MR) is 114 cm³/mol. The molecule has 0 unspecified atom stereocenters. The molecule has 0 spiro atoms. The van der Waals surface area contributed by atoms with Crippen LogP contribution in [0.2, 0.25) is 0 Å². The van der Waals surface area contributed by atoms with E-state index in [1.54, 1.807) is 0 Å². The number of rotatable bonds is 8. The molecular formula is C19H32IN3O2. The van der Waals surface area contributed by atoms with E-state index in [9.17, 15) is 5.11 Å². The Morgan fingerprint density at radius 2 is 1.88 bits per heavy atom. The van der Waals surface area contributed by atoms with E-state index in [1.165, 1.54) is 0 Å². The molecule has 1 aliphatic rings. The number of aliphatic imine (C=N–C) groups is 1. The van der Waals surface area contributed by atoms with Gasteiger partial charge in [0.15, 0.2) is 5.96 Å². The number of unbranched alkanes of at least 4 members (excludes halogenated alkanes) is 1. The molecule has 0 heterocycles. The summed E-state index contributed by atoms with van der Waals surface area (Å²) in [4.78, 5) is 4.65. The standard InChI is InChI=1S/C19H31N3O2.HI/c1-2-20-19(22-16-10-12-17(23)13-11-16)21-14-6-7-15-24-18-8-4-3-5-9-18;/h3-5,8-9,16-17,23H,2,6-7,10-15H2,1H3,(H2,20,21,22);1H. The van der Waals surface area contributed by atoms with Crippen molar-refractivity contribution in [1.29, 1.82) is 0 Å². The third kappa shape index (κ3) is 9.30. The molecule has 1 aromatic carbocycles. The van der Waals surface area contributed by atoms with E-state index in [0.29, 0.717) is 6.04 Å². The summed E-state index contributed by atoms with van der Waals surface area (Å²) in [6, 6.07) is 10.3. The van der Waals surface area contributed by atoms with Gasteiger partial charge in [-0.15, -0.1) is 24.0 Å². The number of ether oxygens (including phenoxy) is 1. The van der Waals surface area contributed by atoms with Crippen LogP contribution in [0, 0.1) is 0 Å². The minimum Gasteiger partial charge on any atom is -0.494 e. The van der Waals surface area contributed by atoms with Gasteiger partial charge in [-0.25, -0.2) is 0 Å². The highest BCUT2D eigenvalue weighted by Gasteiger charge is 2.19. The highest BCUT2D eigenvalue weighted by atomic mass is 127. The summed E-state index contributed by atoms with van der Waals surface area (Å²) < 4.78 is 5.69. The fraction of sp³-hybridized carbons (Fsp3) is 0.632. The van der Waals surface area contributed by atoms with Gasteiger partial charge in [0.1, 0.15) is 5.75 Å². The van der Waals surface area contributed by atoms with Gasteiger partial charge in [0.25, 0.3) is 0 Å². The number of hydrogen-bond donors (Lipinski definition) is 3. The monoisotopic (exact) mass is 461 g/mol. The van der Waals surface area contributed by atoms with Gasteiger partial charge in [-0.3, -0.25) is 4.99 Å². The largest absolute Gasteiger partial charge is 0.494 e. The molecule has 0 amide bonds. The van der Waals surface area contributed by atoms with Crippen molar-refractivity contribution in [3.8, 4) is 5.75 Å². The normalized spacial score (nSPS) is 20.5. The van der Waals surface area contributed by atoms with E-state index >= 15 is 0 Å². The lowest BCUT2D eigenvalue weighted by atomic mass is 9.93. The molecule has 0 aromatic heterocycles. The second-order valence-corrected chi connectivity index (χ2v) is 6.28. The zero-order valence-electron chi connectivity index (χ0n) is 15.1. The van der Waals surface area contributed by atoms with Crippen LogP contribution in [-0.2, 0) is 0 Å². The highest BCUT2D eigenvalue weighted by molar-refractivity contribution is 14.0. The second kappa shape index (κ2) is 13.2. The molecule has 1 fully saturated rings. The van der Waals surface area contributed by atoms with Gasteiger partial charge in [-0.1, -0.05) is 18.2 Å². The highest BCUT2D eigenvalue weighted by Crippen LogP contribution is 2.18. The van der Waals surface area contributed by atoms with Gasteiger partial charge in [-0.2, -0.15) is 0 Å². The van der Waals surface area contributed by atoms with Crippen molar-refractivity contribution in [3.05, 3.63) is 30.3 Å². The second-order valence-electron chi connectivity index (χ2n) is 6.28. The van der Waals surface area contributed by atoms with Crippen LogP contribution in [0.1, 0.15) is 45.4 Å². The molecule has 0 bridgehead atoms. The Balaban J connectivity index is 0.00000312. The van der Waals surface area contributed by atoms with Crippen molar-refractivity contribution < 1.29 is 9.84 Å². The maximum absolute atomic E-state index is 9.59. The molecule has 25 heavy (non-hydrogen) atoms. The van der Waals surface area contributed by atoms with Gasteiger partial charge in [0.05, 0.1) is 12.7 Å². The predicted octanol–water partition coefficient (Wildman–Crippen LogP) is 3.32. The Morgan fingerprint density at radius 3 is 2.56 bits per heavy atom. The smallest absolute Gasteiger partial charge is 0.191 e. The Bertz CT molecular complexity index is 477. The number of halogens is 1. The number of aliphatic hydroxyl groups excluding tert-OH is 1. The Hall–Kier alpha value is -1.02. The lowest BCUT2D eigenvalue weighted by Gasteiger charge is -2.27. The Kier molecular flexibility index (Phi) is 11.6. The average molecular weight is 461 g/mol. The molecule has 5 nitrogen and oxygen atoms in total. The van der Waals surface area contributed by atoms with Crippen molar-refractivity contribution in [2.45, 2.75) is 57.6 Å². The number of guanidine groups is 1. The van der Waals surface area contributed by atoms with Gasteiger partial charge < -0.3 is 20.5 Å². The molecular weight excluding hydrogens is 429 g/mol. The van der Waals surface area contributed by atoms with Crippen LogP contribution in [0.25, 0.3) is 0 Å². The van der Waals surface area contributed by atoms with Crippen molar-refractivity contribution in [2.75, 3.05) is 19.7 Å². The molecule has 0 saturated heterocycles. The maximum atomic E-state index is 9.59. The fourth-order valence-electron chi connectivity index (χ4n) is 2.84. The molecule has 0 aliphatic heterocycles. The summed E-state index contributed by atoms with van der Waals surface area (Å²) >= 11 is 0. The SMILES string of the molecule is CCNC(=NCCCCOc1ccccc1)NC1CCC(O)CC1.I. The van der Waals surface area contributed by atoms with Crippen molar-refractivity contribution >= 4 is 29.9 Å². The van der Waals surface area contributed by atoms with Crippen molar-refractivity contribution in [2.24, 2.45) is 4.99 Å². The molecule has 1 aliphatic carbocycles. The number of nitrogens with one attached hydrogen (secondary N) is 2. The van der Waals surface area contributed by atoms with Crippen LogP contribution in [-0.4, -0.2) is 42.9 Å². The first-order valence-corrected chi connectivity index (χ1v) is 9.18. The number of benzene rings is 1. The summed E-state index contributed by atoms with van der Waals surface area (Å²) in [7, 11) is 0. The summed E-state index contributed by atoms with van der Waals surface area (Å²) in [6.45, 7) is 4.46. The fourth-order valence-corrected chi connectivity index (χ4v) is 2.84. The molecule has 6 heteroatoms. The number of hydrogen-bond acceptors (Lipinski definition) is 3. The quantitative estimate of drug-likeness (QED) is 0.241. The molecule has 142 valence electrons. The maximum Gasteiger partial charge on any atom is 0.191 e. The minimum absolute atomic E-state index is 0. The van der Waals surface area contributed by atoms with Crippen LogP contribution in [0.4, 0.5) is 0 Å². The zero-order chi connectivity index (χ0) is 17.0. The van der Waals surface area contributed by atoms with E-state index in [0.717, 1.165) is 69.9 Å². The third-order valence-electron chi connectivity index (χ3n) is 4.22. The number of nitrogens with zero attached hydrogens (tertiary/aromatic N) is 1. The van der Waals surface area contributed by atoms with Crippen LogP contribution in [0.5, 0.6) is 5.75 Å². The third-order valence-corrected chi connectivity index (χ3v) is 4.22. The first kappa shape index (κ1) is 22.0.